The number of hydrogen-bond acceptors (Lipinski definition) is 4. The number of carbonyl (C=O) groups excluding carboxylic acids is 1. The molecule has 0 unspecified atom stereocenters. The number of phenolic OH excluding ortho intramolecular Hbond substituents is 1. The van der Waals surface area contributed by atoms with E-state index < -0.39 is 0 Å². The van der Waals surface area contributed by atoms with Gasteiger partial charge < -0.3 is 10.0 Å². The Morgan fingerprint density at radius 1 is 0.966 bits per heavy atom. The third-order valence-electron chi connectivity index (χ3n) is 5.31. The zero-order valence-electron chi connectivity index (χ0n) is 16.5. The van der Waals surface area contributed by atoms with Crippen LogP contribution >= 0.6 is 0 Å². The number of nitrogens with zero attached hydrogens (tertiary/aromatic N) is 2. The van der Waals surface area contributed by atoms with Crippen LogP contribution in [0.4, 0.5) is 5.69 Å². The Balaban J connectivity index is 1.39. The fourth-order valence-electron chi connectivity index (χ4n) is 3.49. The molecule has 4 rings (SSSR count). The topological polar surface area (TPSA) is 64.9 Å². The van der Waals surface area contributed by atoms with Crippen LogP contribution in [0.25, 0.3) is 0 Å². The summed E-state index contributed by atoms with van der Waals surface area (Å²) in [5.41, 5.74) is 10.4. The third kappa shape index (κ3) is 4.14. The number of hydrogen-bond donors (Lipinski definition) is 2. The van der Waals surface area contributed by atoms with Gasteiger partial charge in [0.2, 0.25) is 0 Å². The fraction of sp³-hybridized carbons (Fsp3) is 0.167. The lowest BCUT2D eigenvalue weighted by atomic mass is 10.0. The van der Waals surface area contributed by atoms with Crippen molar-refractivity contribution in [3.8, 4) is 5.75 Å². The van der Waals surface area contributed by atoms with Crippen molar-refractivity contribution in [1.29, 1.82) is 0 Å². The van der Waals surface area contributed by atoms with Gasteiger partial charge in [-0.25, -0.2) is 5.43 Å². The van der Waals surface area contributed by atoms with Gasteiger partial charge in [0.15, 0.2) is 0 Å². The van der Waals surface area contributed by atoms with E-state index in [1.54, 1.807) is 24.3 Å². The van der Waals surface area contributed by atoms with Crippen molar-refractivity contribution >= 4 is 17.8 Å². The molecule has 0 fully saturated rings. The van der Waals surface area contributed by atoms with Gasteiger partial charge >= 0.3 is 0 Å². The lowest BCUT2D eigenvalue weighted by Crippen LogP contribution is -2.18. The second-order valence-corrected chi connectivity index (χ2v) is 7.40. The monoisotopic (exact) mass is 385 g/mol. The number of aryl methyl sites for hydroxylation is 2. The van der Waals surface area contributed by atoms with E-state index in [9.17, 15) is 9.90 Å². The van der Waals surface area contributed by atoms with Gasteiger partial charge in [-0.05, 0) is 90.2 Å². The number of benzene rings is 3. The molecule has 146 valence electrons. The first-order valence-electron chi connectivity index (χ1n) is 9.56. The summed E-state index contributed by atoms with van der Waals surface area (Å²) >= 11 is 0. The number of aromatic hydroxyl groups is 1. The zero-order chi connectivity index (χ0) is 20.4. The molecule has 3 aromatic rings. The predicted molar refractivity (Wildman–Crippen MR) is 115 cm³/mol. The first kappa shape index (κ1) is 18.7. The summed E-state index contributed by atoms with van der Waals surface area (Å²) in [5, 5.41) is 13.3. The fourth-order valence-corrected chi connectivity index (χ4v) is 3.49. The Bertz CT molecular complexity index is 1040. The van der Waals surface area contributed by atoms with E-state index in [1.807, 2.05) is 24.3 Å². The van der Waals surface area contributed by atoms with Crippen LogP contribution in [0.3, 0.4) is 0 Å². The number of nitrogens with one attached hydrogen (secondary N) is 1. The summed E-state index contributed by atoms with van der Waals surface area (Å²) in [5.74, 6) is -0.0693. The number of hydrazone groups is 1. The van der Waals surface area contributed by atoms with E-state index >= 15 is 0 Å². The van der Waals surface area contributed by atoms with Crippen molar-refractivity contribution in [3.05, 3.63) is 94.0 Å². The quantitative estimate of drug-likeness (QED) is 0.520. The first-order valence-corrected chi connectivity index (χ1v) is 9.56. The average Bonchev–Trinajstić information content (AvgIpc) is 3.12. The van der Waals surface area contributed by atoms with Crippen molar-refractivity contribution in [2.24, 2.45) is 5.10 Å². The van der Waals surface area contributed by atoms with Gasteiger partial charge in [0.1, 0.15) is 5.75 Å². The SMILES string of the molecule is Cc1cc2c(cc1C)CN(c1ccc(C(=O)N/N=C/c3ccc(O)cc3)cc1)C2. The van der Waals surface area contributed by atoms with Crippen molar-refractivity contribution < 1.29 is 9.90 Å². The summed E-state index contributed by atoms with van der Waals surface area (Å²) < 4.78 is 0. The van der Waals surface area contributed by atoms with Crippen LogP contribution in [0.5, 0.6) is 5.75 Å². The average molecular weight is 385 g/mol. The van der Waals surface area contributed by atoms with Gasteiger partial charge in [-0.3, -0.25) is 4.79 Å². The Hall–Kier alpha value is -3.60. The molecule has 0 spiro atoms. The van der Waals surface area contributed by atoms with Gasteiger partial charge in [0.25, 0.3) is 5.91 Å². The van der Waals surface area contributed by atoms with E-state index in [0.717, 1.165) is 24.3 Å². The number of rotatable bonds is 4. The van der Waals surface area contributed by atoms with Gasteiger partial charge in [-0.1, -0.05) is 12.1 Å². The molecular weight excluding hydrogens is 362 g/mol. The van der Waals surface area contributed by atoms with Crippen molar-refractivity contribution in [3.63, 3.8) is 0 Å². The smallest absolute Gasteiger partial charge is 0.271 e. The number of amides is 1. The van der Waals surface area contributed by atoms with Crippen molar-refractivity contribution in [2.45, 2.75) is 26.9 Å². The summed E-state index contributed by atoms with van der Waals surface area (Å²) in [6, 6.07) is 18.7. The highest BCUT2D eigenvalue weighted by Gasteiger charge is 2.20. The molecule has 1 heterocycles. The lowest BCUT2D eigenvalue weighted by molar-refractivity contribution is 0.0955. The highest BCUT2D eigenvalue weighted by atomic mass is 16.3. The summed E-state index contributed by atoms with van der Waals surface area (Å²) in [7, 11) is 0. The molecule has 1 aliphatic rings. The minimum atomic E-state index is -0.262. The molecule has 5 nitrogen and oxygen atoms in total. The molecule has 0 aromatic heterocycles. The van der Waals surface area contributed by atoms with Gasteiger partial charge in [-0.2, -0.15) is 5.10 Å². The summed E-state index contributed by atoms with van der Waals surface area (Å²) in [4.78, 5) is 14.6. The third-order valence-corrected chi connectivity index (χ3v) is 5.31. The predicted octanol–water partition coefficient (Wildman–Crippen LogP) is 4.29. The van der Waals surface area contributed by atoms with Gasteiger partial charge in [-0.15, -0.1) is 0 Å². The molecule has 3 aromatic carbocycles. The summed E-state index contributed by atoms with van der Waals surface area (Å²) in [6.45, 7) is 6.07. The highest BCUT2D eigenvalue weighted by molar-refractivity contribution is 5.95. The lowest BCUT2D eigenvalue weighted by Gasteiger charge is -2.17. The minimum absolute atomic E-state index is 0.192. The Labute approximate surface area is 170 Å². The maximum absolute atomic E-state index is 12.3. The molecule has 2 N–H and O–H groups in total. The summed E-state index contributed by atoms with van der Waals surface area (Å²) in [6.07, 6.45) is 1.54. The van der Waals surface area contributed by atoms with Crippen LogP contribution in [0.1, 0.15) is 38.2 Å². The largest absolute Gasteiger partial charge is 0.508 e. The second kappa shape index (κ2) is 7.80. The molecule has 0 aliphatic carbocycles. The minimum Gasteiger partial charge on any atom is -0.508 e. The van der Waals surface area contributed by atoms with E-state index in [0.29, 0.717) is 5.56 Å². The van der Waals surface area contributed by atoms with Crippen LogP contribution in [0, 0.1) is 13.8 Å². The second-order valence-electron chi connectivity index (χ2n) is 7.40. The number of carbonyl (C=O) groups is 1. The first-order chi connectivity index (χ1) is 14.0. The number of fused-ring (bicyclic) bond motifs is 1. The van der Waals surface area contributed by atoms with E-state index in [-0.39, 0.29) is 11.7 Å². The molecule has 5 heteroatoms. The maximum atomic E-state index is 12.3. The van der Waals surface area contributed by atoms with E-state index in [2.05, 4.69) is 41.4 Å². The number of phenols is 1. The molecular formula is C24H23N3O2. The maximum Gasteiger partial charge on any atom is 0.271 e. The molecule has 0 atom stereocenters. The molecule has 0 saturated carbocycles. The molecule has 1 aliphatic heterocycles. The zero-order valence-corrected chi connectivity index (χ0v) is 16.5. The van der Waals surface area contributed by atoms with Crippen LogP contribution in [0.2, 0.25) is 0 Å². The van der Waals surface area contributed by atoms with Gasteiger partial charge in [0, 0.05) is 24.3 Å². The van der Waals surface area contributed by atoms with Crippen molar-refractivity contribution in [2.75, 3.05) is 4.90 Å². The molecule has 0 saturated heterocycles. The Morgan fingerprint density at radius 3 is 2.14 bits per heavy atom. The van der Waals surface area contributed by atoms with E-state index in [4.69, 9.17) is 0 Å². The molecule has 29 heavy (non-hydrogen) atoms. The van der Waals surface area contributed by atoms with Crippen LogP contribution in [-0.2, 0) is 13.1 Å². The van der Waals surface area contributed by atoms with Crippen LogP contribution in [-0.4, -0.2) is 17.2 Å². The highest BCUT2D eigenvalue weighted by Crippen LogP contribution is 2.30. The van der Waals surface area contributed by atoms with Crippen LogP contribution in [0.15, 0.2) is 65.8 Å². The molecule has 0 bridgehead atoms. The normalized spacial score (nSPS) is 13.0. The van der Waals surface area contributed by atoms with E-state index in [1.165, 1.54) is 28.5 Å². The Kier molecular flexibility index (Phi) is 5.04. The standard InChI is InChI=1S/C24H23N3O2/c1-16-11-20-14-27(15-21(20)12-17(16)2)22-7-5-19(6-8-22)24(29)26-25-13-18-3-9-23(28)10-4-18/h3-13,28H,14-15H2,1-2H3,(H,26,29)/b25-13+. The van der Waals surface area contributed by atoms with Crippen LogP contribution < -0.4 is 10.3 Å². The molecule has 0 radical (unpaired) electrons. The Morgan fingerprint density at radius 2 is 1.55 bits per heavy atom. The molecule has 1 amide bonds. The van der Waals surface area contributed by atoms with Gasteiger partial charge in [0.05, 0.1) is 6.21 Å². The number of anilines is 1. The van der Waals surface area contributed by atoms with Crippen molar-refractivity contribution in [1.82, 2.24) is 5.43 Å².